The van der Waals surface area contributed by atoms with Crippen LogP contribution < -0.4 is 5.73 Å². The summed E-state index contributed by atoms with van der Waals surface area (Å²) >= 11 is 0. The van der Waals surface area contributed by atoms with Crippen molar-refractivity contribution >= 4 is 0 Å². The fraction of sp³-hybridized carbons (Fsp3) is 0.571. The average molecular weight is 234 g/mol. The second-order valence-corrected chi connectivity index (χ2v) is 5.13. The molecule has 0 radical (unpaired) electrons. The summed E-state index contributed by atoms with van der Waals surface area (Å²) in [5.74, 6) is 0. The Labute approximate surface area is 103 Å². The van der Waals surface area contributed by atoms with Crippen molar-refractivity contribution in [3.8, 4) is 0 Å². The Balaban J connectivity index is 2.19. The molecule has 0 amide bonds. The van der Waals surface area contributed by atoms with Gasteiger partial charge >= 0.3 is 0 Å². The Hall–Kier alpha value is -0.900. The summed E-state index contributed by atoms with van der Waals surface area (Å²) in [6.07, 6.45) is 1.08. The lowest BCUT2D eigenvalue weighted by Gasteiger charge is -2.32. The highest BCUT2D eigenvalue weighted by molar-refractivity contribution is 5.35. The Morgan fingerprint density at radius 1 is 1.35 bits per heavy atom. The lowest BCUT2D eigenvalue weighted by molar-refractivity contribution is 0.203. The van der Waals surface area contributed by atoms with Crippen molar-refractivity contribution in [1.82, 2.24) is 4.90 Å². The van der Waals surface area contributed by atoms with Crippen LogP contribution in [0, 0.1) is 0 Å². The first-order valence-electron chi connectivity index (χ1n) is 6.34. The minimum atomic E-state index is -0.247. The van der Waals surface area contributed by atoms with E-state index in [9.17, 15) is 0 Å². The molecule has 1 aromatic rings. The summed E-state index contributed by atoms with van der Waals surface area (Å²) in [5.41, 5.74) is 9.68. The molecule has 0 aromatic heterocycles. The molecule has 2 rings (SSSR count). The van der Waals surface area contributed by atoms with Gasteiger partial charge in [0.05, 0.1) is 12.6 Å². The Morgan fingerprint density at radius 2 is 2.12 bits per heavy atom. The third kappa shape index (κ3) is 2.68. The lowest BCUT2D eigenvalue weighted by atomic mass is 9.94. The Kier molecular flexibility index (Phi) is 3.82. The summed E-state index contributed by atoms with van der Waals surface area (Å²) < 4.78 is 0. The van der Waals surface area contributed by atoms with Gasteiger partial charge in [-0.05, 0) is 37.0 Å². The van der Waals surface area contributed by atoms with E-state index in [0.717, 1.165) is 25.1 Å². The van der Waals surface area contributed by atoms with Crippen molar-refractivity contribution in [3.63, 3.8) is 0 Å². The minimum absolute atomic E-state index is 0.0108. The van der Waals surface area contributed by atoms with Gasteiger partial charge in [-0.15, -0.1) is 0 Å². The molecular weight excluding hydrogens is 212 g/mol. The van der Waals surface area contributed by atoms with Gasteiger partial charge in [0.25, 0.3) is 0 Å². The quantitative estimate of drug-likeness (QED) is 0.832. The van der Waals surface area contributed by atoms with E-state index < -0.39 is 0 Å². The van der Waals surface area contributed by atoms with E-state index in [-0.39, 0.29) is 12.6 Å². The zero-order valence-corrected chi connectivity index (χ0v) is 10.7. The van der Waals surface area contributed by atoms with E-state index in [1.54, 1.807) is 0 Å². The van der Waals surface area contributed by atoms with E-state index in [0.29, 0.717) is 6.04 Å². The fourth-order valence-corrected chi connectivity index (χ4v) is 2.37. The molecule has 1 atom stereocenters. The number of hydrogen-bond acceptors (Lipinski definition) is 3. The molecule has 3 heteroatoms. The maximum atomic E-state index is 9.07. The van der Waals surface area contributed by atoms with Crippen LogP contribution in [-0.2, 0) is 13.0 Å². The molecule has 0 saturated carbocycles. The maximum absolute atomic E-state index is 9.07. The van der Waals surface area contributed by atoms with Gasteiger partial charge < -0.3 is 10.8 Å². The van der Waals surface area contributed by atoms with Crippen LogP contribution in [0.5, 0.6) is 0 Å². The SMILES string of the molecule is CC(C)N1CCc2cc(C(N)CO)ccc2C1. The molecular formula is C14H22N2O. The molecule has 3 N–H and O–H groups in total. The van der Waals surface area contributed by atoms with E-state index in [1.165, 1.54) is 11.1 Å². The average Bonchev–Trinajstić information content (AvgIpc) is 2.36. The van der Waals surface area contributed by atoms with E-state index in [4.69, 9.17) is 10.8 Å². The van der Waals surface area contributed by atoms with E-state index in [1.807, 2.05) is 6.07 Å². The first-order chi connectivity index (χ1) is 8.11. The summed E-state index contributed by atoms with van der Waals surface area (Å²) in [5, 5.41) is 9.07. The highest BCUT2D eigenvalue weighted by Gasteiger charge is 2.19. The highest BCUT2D eigenvalue weighted by Crippen LogP contribution is 2.23. The van der Waals surface area contributed by atoms with Gasteiger partial charge in [-0.3, -0.25) is 4.90 Å². The minimum Gasteiger partial charge on any atom is -0.394 e. The van der Waals surface area contributed by atoms with Gasteiger partial charge in [0, 0.05) is 19.1 Å². The molecule has 1 heterocycles. The maximum Gasteiger partial charge on any atom is 0.0624 e. The summed E-state index contributed by atoms with van der Waals surface area (Å²) in [6.45, 7) is 6.63. The molecule has 0 saturated heterocycles. The number of aliphatic hydroxyl groups is 1. The number of benzene rings is 1. The molecule has 0 aliphatic carbocycles. The standard InChI is InChI=1S/C14H22N2O/c1-10(2)16-6-5-11-7-12(14(15)9-17)3-4-13(11)8-16/h3-4,7,10,14,17H,5-6,8-9,15H2,1-2H3. The van der Waals surface area contributed by atoms with Crippen LogP contribution in [-0.4, -0.2) is 29.2 Å². The monoisotopic (exact) mass is 234 g/mol. The highest BCUT2D eigenvalue weighted by atomic mass is 16.3. The molecule has 1 aliphatic heterocycles. The second-order valence-electron chi connectivity index (χ2n) is 5.13. The number of nitrogens with zero attached hydrogens (tertiary/aromatic N) is 1. The van der Waals surface area contributed by atoms with Crippen LogP contribution in [0.4, 0.5) is 0 Å². The predicted octanol–water partition coefficient (Wildman–Crippen LogP) is 1.45. The van der Waals surface area contributed by atoms with Crippen LogP contribution in [0.1, 0.15) is 36.6 Å². The molecule has 17 heavy (non-hydrogen) atoms. The van der Waals surface area contributed by atoms with Crippen molar-refractivity contribution in [2.45, 2.75) is 38.9 Å². The van der Waals surface area contributed by atoms with Crippen molar-refractivity contribution in [3.05, 3.63) is 34.9 Å². The zero-order valence-electron chi connectivity index (χ0n) is 10.7. The number of rotatable bonds is 3. The van der Waals surface area contributed by atoms with Gasteiger partial charge in [-0.1, -0.05) is 18.2 Å². The Bertz CT molecular complexity index is 390. The number of aliphatic hydroxyl groups excluding tert-OH is 1. The van der Waals surface area contributed by atoms with Crippen LogP contribution in [0.2, 0.25) is 0 Å². The first kappa shape index (κ1) is 12.6. The van der Waals surface area contributed by atoms with Crippen LogP contribution in [0.3, 0.4) is 0 Å². The van der Waals surface area contributed by atoms with Gasteiger partial charge in [0.2, 0.25) is 0 Å². The molecule has 1 unspecified atom stereocenters. The third-order valence-corrected chi connectivity index (χ3v) is 3.63. The Morgan fingerprint density at radius 3 is 2.76 bits per heavy atom. The van der Waals surface area contributed by atoms with Crippen molar-refractivity contribution in [2.24, 2.45) is 5.73 Å². The first-order valence-corrected chi connectivity index (χ1v) is 6.34. The lowest BCUT2D eigenvalue weighted by Crippen LogP contribution is -2.36. The predicted molar refractivity (Wildman–Crippen MR) is 69.7 cm³/mol. The van der Waals surface area contributed by atoms with Crippen molar-refractivity contribution in [1.29, 1.82) is 0 Å². The van der Waals surface area contributed by atoms with Gasteiger partial charge in [-0.25, -0.2) is 0 Å². The zero-order chi connectivity index (χ0) is 12.4. The number of fused-ring (bicyclic) bond motifs is 1. The van der Waals surface area contributed by atoms with Crippen LogP contribution in [0.25, 0.3) is 0 Å². The van der Waals surface area contributed by atoms with Gasteiger partial charge in [-0.2, -0.15) is 0 Å². The van der Waals surface area contributed by atoms with E-state index in [2.05, 4.69) is 30.9 Å². The van der Waals surface area contributed by atoms with Crippen LogP contribution in [0.15, 0.2) is 18.2 Å². The number of nitrogens with two attached hydrogens (primary N) is 1. The normalized spacial score (nSPS) is 18.2. The summed E-state index contributed by atoms with van der Waals surface area (Å²) in [7, 11) is 0. The molecule has 1 aliphatic rings. The number of hydrogen-bond donors (Lipinski definition) is 2. The molecule has 1 aromatic carbocycles. The largest absolute Gasteiger partial charge is 0.394 e. The smallest absolute Gasteiger partial charge is 0.0624 e. The molecule has 0 spiro atoms. The summed E-state index contributed by atoms with van der Waals surface area (Å²) in [6, 6.07) is 6.72. The molecule has 94 valence electrons. The second kappa shape index (κ2) is 5.17. The van der Waals surface area contributed by atoms with Gasteiger partial charge in [0.1, 0.15) is 0 Å². The van der Waals surface area contributed by atoms with Crippen LogP contribution >= 0.6 is 0 Å². The fourth-order valence-electron chi connectivity index (χ4n) is 2.37. The van der Waals surface area contributed by atoms with Crippen molar-refractivity contribution in [2.75, 3.05) is 13.2 Å². The van der Waals surface area contributed by atoms with Gasteiger partial charge in [0.15, 0.2) is 0 Å². The third-order valence-electron chi connectivity index (χ3n) is 3.63. The topological polar surface area (TPSA) is 49.5 Å². The molecule has 3 nitrogen and oxygen atoms in total. The van der Waals surface area contributed by atoms with Crippen molar-refractivity contribution < 1.29 is 5.11 Å². The van der Waals surface area contributed by atoms with E-state index >= 15 is 0 Å². The summed E-state index contributed by atoms with van der Waals surface area (Å²) in [4.78, 5) is 2.48. The molecule has 0 fully saturated rings. The molecule has 0 bridgehead atoms.